The molecular formula is C19H28O12. The Bertz CT molecular complexity index is 737. The Labute approximate surface area is 177 Å². The van der Waals surface area contributed by atoms with Gasteiger partial charge in [0, 0.05) is 6.92 Å². The Morgan fingerprint density at radius 3 is 2.42 bits per heavy atom. The van der Waals surface area contributed by atoms with Crippen molar-refractivity contribution in [1.82, 2.24) is 0 Å². The summed E-state index contributed by atoms with van der Waals surface area (Å²) in [4.78, 5) is 23.9. The fraction of sp³-hybridized carbons (Fsp3) is 0.789. The summed E-state index contributed by atoms with van der Waals surface area (Å²) in [6.45, 7) is 2.07. The Morgan fingerprint density at radius 2 is 1.84 bits per heavy atom. The van der Waals surface area contributed by atoms with E-state index in [9.17, 15) is 35.1 Å². The third-order valence-corrected chi connectivity index (χ3v) is 6.13. The van der Waals surface area contributed by atoms with Gasteiger partial charge in [-0.2, -0.15) is 0 Å². The minimum Gasteiger partial charge on any atom is -0.471 e. The Balaban J connectivity index is 1.94. The summed E-state index contributed by atoms with van der Waals surface area (Å²) in [6, 6.07) is 0. The second-order valence-electron chi connectivity index (χ2n) is 8.17. The molecule has 0 aromatic heterocycles. The van der Waals surface area contributed by atoms with E-state index < -0.39 is 72.7 Å². The third kappa shape index (κ3) is 4.04. The minimum absolute atomic E-state index is 0.0142. The normalized spacial score (nSPS) is 44.6. The second-order valence-corrected chi connectivity index (χ2v) is 8.17. The van der Waals surface area contributed by atoms with Gasteiger partial charge in [-0.15, -0.1) is 0 Å². The Hall–Kier alpha value is -1.80. The van der Waals surface area contributed by atoms with E-state index in [4.69, 9.17) is 23.7 Å². The van der Waals surface area contributed by atoms with Crippen molar-refractivity contribution in [3.63, 3.8) is 0 Å². The summed E-state index contributed by atoms with van der Waals surface area (Å²) in [5.74, 6) is -2.62. The van der Waals surface area contributed by atoms with Crippen molar-refractivity contribution in [2.24, 2.45) is 5.92 Å². The number of fused-ring (bicyclic) bond motifs is 1. The molecule has 0 bridgehead atoms. The van der Waals surface area contributed by atoms with Crippen LogP contribution in [0.15, 0.2) is 11.8 Å². The summed E-state index contributed by atoms with van der Waals surface area (Å²) < 4.78 is 26.7. The molecule has 2 fully saturated rings. The van der Waals surface area contributed by atoms with Gasteiger partial charge in [-0.1, -0.05) is 0 Å². The van der Waals surface area contributed by atoms with Gasteiger partial charge in [0.2, 0.25) is 6.29 Å². The highest BCUT2D eigenvalue weighted by molar-refractivity contribution is 5.91. The van der Waals surface area contributed by atoms with Gasteiger partial charge < -0.3 is 49.2 Å². The van der Waals surface area contributed by atoms with Crippen LogP contribution in [0, 0.1) is 5.92 Å². The molecule has 3 aliphatic rings. The first-order valence-corrected chi connectivity index (χ1v) is 9.81. The van der Waals surface area contributed by atoms with Crippen LogP contribution >= 0.6 is 0 Å². The van der Waals surface area contributed by atoms with Crippen LogP contribution in [0.5, 0.6) is 0 Å². The number of esters is 2. The number of hydrogen-bond acceptors (Lipinski definition) is 12. The number of rotatable bonds is 5. The highest BCUT2D eigenvalue weighted by atomic mass is 16.8. The first-order chi connectivity index (χ1) is 14.5. The van der Waals surface area contributed by atoms with Crippen LogP contribution in [0.3, 0.4) is 0 Å². The standard InChI is InChI=1S/C19H28O12/c1-8(21)31-18(2)4-5-19(26)9(15(25)27-3)7-28-17(14(18)19)30-16-13(24)12(23)11(22)10(6-20)29-16/h7,10-14,16-17,20,22-24,26H,4-6H2,1-3H3/t10-,11-,12+,13-,14-,16?,17+,18+,19+/m1/s1. The van der Waals surface area contributed by atoms with Gasteiger partial charge in [0.25, 0.3) is 0 Å². The van der Waals surface area contributed by atoms with Crippen molar-refractivity contribution in [2.45, 2.75) is 74.9 Å². The van der Waals surface area contributed by atoms with Gasteiger partial charge in [-0.3, -0.25) is 4.79 Å². The number of methoxy groups -OCH3 is 1. The predicted octanol–water partition coefficient (Wildman–Crippen LogP) is -2.32. The van der Waals surface area contributed by atoms with Crippen molar-refractivity contribution < 1.29 is 58.8 Å². The molecule has 2 aliphatic heterocycles. The Morgan fingerprint density at radius 1 is 1.16 bits per heavy atom. The van der Waals surface area contributed by atoms with Crippen LogP contribution in [0.2, 0.25) is 0 Å². The average Bonchev–Trinajstić information content (AvgIpc) is 2.98. The monoisotopic (exact) mass is 448 g/mol. The molecule has 9 atom stereocenters. The van der Waals surface area contributed by atoms with Crippen LogP contribution in [0.1, 0.15) is 26.7 Å². The van der Waals surface area contributed by atoms with Crippen molar-refractivity contribution in [1.29, 1.82) is 0 Å². The van der Waals surface area contributed by atoms with E-state index in [0.29, 0.717) is 0 Å². The van der Waals surface area contributed by atoms with E-state index in [2.05, 4.69) is 0 Å². The van der Waals surface area contributed by atoms with Gasteiger partial charge in [0.1, 0.15) is 41.2 Å². The predicted molar refractivity (Wildman–Crippen MR) is 97.7 cm³/mol. The molecular weight excluding hydrogens is 420 g/mol. The number of carbonyl (C=O) groups excluding carboxylic acids is 2. The zero-order valence-electron chi connectivity index (χ0n) is 17.3. The molecule has 0 radical (unpaired) electrons. The quantitative estimate of drug-likeness (QED) is 0.284. The molecule has 176 valence electrons. The molecule has 1 aliphatic carbocycles. The van der Waals surface area contributed by atoms with E-state index in [-0.39, 0.29) is 18.4 Å². The molecule has 3 rings (SSSR count). The van der Waals surface area contributed by atoms with E-state index in [1.165, 1.54) is 6.92 Å². The summed E-state index contributed by atoms with van der Waals surface area (Å²) in [5.41, 5.74) is -3.37. The molecule has 1 saturated carbocycles. The van der Waals surface area contributed by atoms with Crippen molar-refractivity contribution in [3.8, 4) is 0 Å². The van der Waals surface area contributed by atoms with Crippen LogP contribution in [-0.2, 0) is 33.3 Å². The molecule has 12 nitrogen and oxygen atoms in total. The first kappa shape index (κ1) is 23.9. The maximum Gasteiger partial charge on any atom is 0.339 e. The van der Waals surface area contributed by atoms with Crippen molar-refractivity contribution >= 4 is 11.9 Å². The maximum absolute atomic E-state index is 12.2. The molecule has 12 heteroatoms. The lowest BCUT2D eigenvalue weighted by atomic mass is 9.77. The lowest BCUT2D eigenvalue weighted by molar-refractivity contribution is -0.351. The van der Waals surface area contributed by atoms with E-state index in [1.54, 1.807) is 6.92 Å². The first-order valence-electron chi connectivity index (χ1n) is 9.81. The van der Waals surface area contributed by atoms with E-state index in [1.807, 2.05) is 0 Å². The highest BCUT2D eigenvalue weighted by Crippen LogP contribution is 2.54. The topological polar surface area (TPSA) is 181 Å². The molecule has 2 heterocycles. The van der Waals surface area contributed by atoms with Crippen LogP contribution < -0.4 is 0 Å². The fourth-order valence-electron chi connectivity index (χ4n) is 4.59. The van der Waals surface area contributed by atoms with Gasteiger partial charge in [0.05, 0.1) is 25.9 Å². The van der Waals surface area contributed by atoms with Gasteiger partial charge >= 0.3 is 11.9 Å². The van der Waals surface area contributed by atoms with Crippen LogP contribution in [-0.4, -0.2) is 99.4 Å². The lowest BCUT2D eigenvalue weighted by Gasteiger charge is -2.46. The fourth-order valence-corrected chi connectivity index (χ4v) is 4.59. The summed E-state index contributed by atoms with van der Waals surface area (Å²) in [5, 5.41) is 51.0. The average molecular weight is 448 g/mol. The van der Waals surface area contributed by atoms with Crippen molar-refractivity contribution in [2.75, 3.05) is 13.7 Å². The number of carbonyl (C=O) groups is 2. The number of hydrogen-bond donors (Lipinski definition) is 5. The zero-order chi connectivity index (χ0) is 23.1. The van der Waals surface area contributed by atoms with Gasteiger partial charge in [-0.25, -0.2) is 4.79 Å². The molecule has 5 N–H and O–H groups in total. The molecule has 0 aromatic carbocycles. The molecule has 0 amide bonds. The van der Waals surface area contributed by atoms with E-state index >= 15 is 0 Å². The SMILES string of the molecule is COC(=O)C1=CO[C@@H](OC2O[C@H](CO)[C@@H](O)[C@H](O)[C@H]2O)[C@@H]2[C@@](C)(OC(C)=O)CC[C@]12O. The zero-order valence-corrected chi connectivity index (χ0v) is 17.3. The van der Waals surface area contributed by atoms with Gasteiger partial charge in [0.15, 0.2) is 6.29 Å². The smallest absolute Gasteiger partial charge is 0.339 e. The van der Waals surface area contributed by atoms with E-state index in [0.717, 1.165) is 13.4 Å². The lowest BCUT2D eigenvalue weighted by Crippen LogP contribution is -2.62. The van der Waals surface area contributed by atoms with Crippen LogP contribution in [0.4, 0.5) is 0 Å². The Kier molecular flexibility index (Phi) is 6.63. The minimum atomic E-state index is -1.85. The molecule has 31 heavy (non-hydrogen) atoms. The van der Waals surface area contributed by atoms with Crippen molar-refractivity contribution in [3.05, 3.63) is 11.8 Å². The second kappa shape index (κ2) is 8.62. The number of aliphatic hydroxyl groups is 5. The van der Waals surface area contributed by atoms with Crippen LogP contribution in [0.25, 0.3) is 0 Å². The maximum atomic E-state index is 12.2. The molecule has 0 aromatic rings. The molecule has 0 spiro atoms. The third-order valence-electron chi connectivity index (χ3n) is 6.13. The molecule has 1 unspecified atom stereocenters. The highest BCUT2D eigenvalue weighted by Gasteiger charge is 2.66. The summed E-state index contributed by atoms with van der Waals surface area (Å²) >= 11 is 0. The molecule has 1 saturated heterocycles. The summed E-state index contributed by atoms with van der Waals surface area (Å²) in [7, 11) is 1.14. The number of aliphatic hydroxyl groups excluding tert-OH is 4. The largest absolute Gasteiger partial charge is 0.471 e. The number of ether oxygens (including phenoxy) is 5. The summed E-state index contributed by atoms with van der Waals surface area (Å²) in [6.07, 6.45) is -8.06. The van der Waals surface area contributed by atoms with Gasteiger partial charge in [-0.05, 0) is 19.8 Å².